The number of rotatable bonds is 2. The average Bonchev–Trinajstić information content (AvgIpc) is 2.70. The second-order valence-electron chi connectivity index (χ2n) is 2.52. The highest BCUT2D eigenvalue weighted by atomic mass is 32.1. The molecule has 0 N–H and O–H groups in total. The number of benzene rings is 1. The van der Waals surface area contributed by atoms with Gasteiger partial charge in [0.25, 0.3) is 5.69 Å². The number of hydrogen-bond acceptors (Lipinski definition) is 5. The van der Waals surface area contributed by atoms with Crippen molar-refractivity contribution in [3.63, 3.8) is 0 Å². The fraction of sp³-hybridized carbons (Fsp3) is 0. The molecule has 0 radical (unpaired) electrons. The molecule has 0 unspecified atom stereocenters. The lowest BCUT2D eigenvalue weighted by molar-refractivity contribution is -0.384. The highest BCUT2D eigenvalue weighted by molar-refractivity contribution is 7.12. The van der Waals surface area contributed by atoms with Crippen molar-refractivity contribution in [2.45, 2.75) is 0 Å². The Morgan fingerprint density at radius 1 is 1.36 bits per heavy atom. The first-order valence-corrected chi connectivity index (χ1v) is 4.67. The largest absolute Gasteiger partial charge is 0.279 e. The lowest BCUT2D eigenvalue weighted by atomic mass is 10.2. The van der Waals surface area contributed by atoms with Crippen LogP contribution in [0.15, 0.2) is 29.8 Å². The predicted octanol–water partition coefficient (Wildman–Crippen LogP) is 2.11. The summed E-state index contributed by atoms with van der Waals surface area (Å²) in [5, 5.41) is 18.7. The SMILES string of the molecule is O=[N+]([O-])c1ccccc1-c1nncs1. The molecule has 0 aliphatic carbocycles. The van der Waals surface area contributed by atoms with Crippen LogP contribution in [0.25, 0.3) is 10.6 Å². The van der Waals surface area contributed by atoms with Gasteiger partial charge in [-0.15, -0.1) is 10.2 Å². The summed E-state index contributed by atoms with van der Waals surface area (Å²) in [5.74, 6) is 0. The number of hydrogen-bond donors (Lipinski definition) is 0. The van der Waals surface area contributed by atoms with E-state index < -0.39 is 4.92 Å². The van der Waals surface area contributed by atoms with Gasteiger partial charge in [0.05, 0.1) is 10.5 Å². The zero-order chi connectivity index (χ0) is 9.97. The van der Waals surface area contributed by atoms with Gasteiger partial charge >= 0.3 is 0 Å². The van der Waals surface area contributed by atoms with Gasteiger partial charge in [0.2, 0.25) is 0 Å². The van der Waals surface area contributed by atoms with E-state index in [0.29, 0.717) is 10.6 Å². The maximum Gasteiger partial charge on any atom is 0.279 e. The van der Waals surface area contributed by atoms with Gasteiger partial charge in [0.1, 0.15) is 5.51 Å². The molecule has 0 saturated heterocycles. The molecule has 5 nitrogen and oxygen atoms in total. The topological polar surface area (TPSA) is 68.9 Å². The van der Waals surface area contributed by atoms with Crippen LogP contribution in [0.1, 0.15) is 0 Å². The molecule has 0 spiro atoms. The van der Waals surface area contributed by atoms with Crippen molar-refractivity contribution >= 4 is 17.0 Å². The first-order chi connectivity index (χ1) is 6.79. The van der Waals surface area contributed by atoms with E-state index in [4.69, 9.17) is 0 Å². The third kappa shape index (κ3) is 1.47. The van der Waals surface area contributed by atoms with E-state index in [1.54, 1.807) is 23.7 Å². The minimum absolute atomic E-state index is 0.0595. The van der Waals surface area contributed by atoms with Crippen LogP contribution in [0.3, 0.4) is 0 Å². The Morgan fingerprint density at radius 3 is 2.79 bits per heavy atom. The number of nitrogens with zero attached hydrogens (tertiary/aromatic N) is 3. The van der Waals surface area contributed by atoms with Crippen molar-refractivity contribution in [3.05, 3.63) is 39.9 Å². The molecule has 0 aliphatic heterocycles. The summed E-state index contributed by atoms with van der Waals surface area (Å²) in [5.41, 5.74) is 2.12. The summed E-state index contributed by atoms with van der Waals surface area (Å²) in [6.45, 7) is 0. The van der Waals surface area contributed by atoms with Crippen molar-refractivity contribution in [3.8, 4) is 10.6 Å². The lowest BCUT2D eigenvalue weighted by Crippen LogP contribution is -1.90. The number of para-hydroxylation sites is 1. The van der Waals surface area contributed by atoms with E-state index in [2.05, 4.69) is 10.2 Å². The molecule has 0 saturated carbocycles. The molecule has 0 atom stereocenters. The molecule has 1 heterocycles. The Kier molecular flexibility index (Phi) is 2.19. The van der Waals surface area contributed by atoms with Crippen LogP contribution in [0, 0.1) is 10.1 Å². The summed E-state index contributed by atoms with van der Waals surface area (Å²) in [6.07, 6.45) is 0. The molecule has 0 amide bonds. The quantitative estimate of drug-likeness (QED) is 0.558. The van der Waals surface area contributed by atoms with E-state index in [1.165, 1.54) is 17.4 Å². The Balaban J connectivity index is 2.58. The molecule has 1 aromatic carbocycles. The highest BCUT2D eigenvalue weighted by Crippen LogP contribution is 2.29. The maximum absolute atomic E-state index is 10.7. The molecule has 2 rings (SSSR count). The molecule has 2 aromatic rings. The molecule has 0 fully saturated rings. The third-order valence-corrected chi connectivity index (χ3v) is 2.42. The Hall–Kier alpha value is -1.82. The van der Waals surface area contributed by atoms with Crippen molar-refractivity contribution in [1.29, 1.82) is 0 Å². The van der Waals surface area contributed by atoms with Gasteiger partial charge in [-0.2, -0.15) is 0 Å². The Bertz CT molecular complexity index is 455. The van der Waals surface area contributed by atoms with Gasteiger partial charge in [-0.25, -0.2) is 0 Å². The minimum atomic E-state index is -0.420. The summed E-state index contributed by atoms with van der Waals surface area (Å²) in [4.78, 5) is 10.3. The van der Waals surface area contributed by atoms with Crippen LogP contribution < -0.4 is 0 Å². The average molecular weight is 207 g/mol. The lowest BCUT2D eigenvalue weighted by Gasteiger charge is -1.96. The molecule has 70 valence electrons. The van der Waals surface area contributed by atoms with Crippen LogP contribution in [0.2, 0.25) is 0 Å². The fourth-order valence-corrected chi connectivity index (χ4v) is 1.69. The van der Waals surface area contributed by atoms with Gasteiger partial charge in [-0.3, -0.25) is 10.1 Å². The number of nitro benzene ring substituents is 1. The zero-order valence-electron chi connectivity index (χ0n) is 6.95. The van der Waals surface area contributed by atoms with E-state index >= 15 is 0 Å². The second kappa shape index (κ2) is 3.51. The van der Waals surface area contributed by atoms with E-state index in [0.717, 1.165) is 0 Å². The molecule has 0 aliphatic rings. The molecule has 1 aromatic heterocycles. The van der Waals surface area contributed by atoms with E-state index in [-0.39, 0.29) is 5.69 Å². The maximum atomic E-state index is 10.7. The monoisotopic (exact) mass is 207 g/mol. The molecular weight excluding hydrogens is 202 g/mol. The van der Waals surface area contributed by atoms with Crippen LogP contribution in [-0.2, 0) is 0 Å². The predicted molar refractivity (Wildman–Crippen MR) is 52.0 cm³/mol. The van der Waals surface area contributed by atoms with Crippen molar-refractivity contribution in [2.75, 3.05) is 0 Å². The molecular formula is C8H5N3O2S. The van der Waals surface area contributed by atoms with Crippen molar-refractivity contribution < 1.29 is 4.92 Å². The van der Waals surface area contributed by atoms with Crippen LogP contribution >= 0.6 is 11.3 Å². The molecule has 0 bridgehead atoms. The van der Waals surface area contributed by atoms with Crippen LogP contribution in [-0.4, -0.2) is 15.1 Å². The first-order valence-electron chi connectivity index (χ1n) is 3.79. The van der Waals surface area contributed by atoms with Crippen molar-refractivity contribution in [1.82, 2.24) is 10.2 Å². The summed E-state index contributed by atoms with van der Waals surface area (Å²) in [7, 11) is 0. The summed E-state index contributed by atoms with van der Waals surface area (Å²) in [6, 6.07) is 6.49. The normalized spacial score (nSPS) is 10.0. The standard InChI is InChI=1S/C8H5N3O2S/c12-11(13)7-4-2-1-3-6(7)8-10-9-5-14-8/h1-5H. The molecule has 14 heavy (non-hydrogen) atoms. The van der Waals surface area contributed by atoms with Gasteiger partial charge in [-0.1, -0.05) is 23.5 Å². The number of nitro groups is 1. The fourth-order valence-electron chi connectivity index (χ4n) is 1.10. The van der Waals surface area contributed by atoms with Crippen molar-refractivity contribution in [2.24, 2.45) is 0 Å². The zero-order valence-corrected chi connectivity index (χ0v) is 7.77. The third-order valence-electron chi connectivity index (χ3n) is 1.69. The first kappa shape index (κ1) is 8.76. The van der Waals surface area contributed by atoms with E-state index in [9.17, 15) is 10.1 Å². The van der Waals surface area contributed by atoms with Gasteiger partial charge in [0, 0.05) is 6.07 Å². The smallest absolute Gasteiger partial charge is 0.258 e. The second-order valence-corrected chi connectivity index (χ2v) is 3.35. The van der Waals surface area contributed by atoms with Gasteiger partial charge < -0.3 is 0 Å². The Labute approximate surface area is 83.2 Å². The number of aromatic nitrogens is 2. The van der Waals surface area contributed by atoms with E-state index in [1.807, 2.05) is 0 Å². The van der Waals surface area contributed by atoms with Gasteiger partial charge in [0.15, 0.2) is 5.01 Å². The highest BCUT2D eigenvalue weighted by Gasteiger charge is 2.15. The summed E-state index contributed by atoms with van der Waals surface area (Å²) < 4.78 is 0. The minimum Gasteiger partial charge on any atom is -0.258 e. The Morgan fingerprint density at radius 2 is 2.14 bits per heavy atom. The van der Waals surface area contributed by atoms with Gasteiger partial charge in [-0.05, 0) is 6.07 Å². The van der Waals surface area contributed by atoms with Crippen LogP contribution in [0.4, 0.5) is 5.69 Å². The van der Waals surface area contributed by atoms with Crippen LogP contribution in [0.5, 0.6) is 0 Å². The molecule has 6 heteroatoms. The summed E-state index contributed by atoms with van der Waals surface area (Å²) >= 11 is 1.28.